The summed E-state index contributed by atoms with van der Waals surface area (Å²) < 4.78 is 5.40. The summed E-state index contributed by atoms with van der Waals surface area (Å²) in [5, 5.41) is 4.00. The maximum atomic E-state index is 12.1. The molecular weight excluding hydrogens is 252 g/mol. The highest BCUT2D eigenvalue weighted by Gasteiger charge is 2.11. The van der Waals surface area contributed by atoms with Crippen LogP contribution in [0.25, 0.3) is 10.9 Å². The molecule has 4 heteroatoms. The molecule has 2 N–H and O–H groups in total. The van der Waals surface area contributed by atoms with Crippen LogP contribution in [0.4, 0.5) is 0 Å². The number of aromatic amines is 1. The standard InChI is InChI=1S/C16H22N2O2/c1-5-20-10(2)9-17-16(19)13-6-7-15-14(8-13)11(3)12(4)18-15/h6-8,10,18H,5,9H2,1-4H3,(H,17,19). The molecule has 1 atom stereocenters. The molecule has 1 unspecified atom stereocenters. The van der Waals surface area contributed by atoms with Gasteiger partial charge >= 0.3 is 0 Å². The van der Waals surface area contributed by atoms with Gasteiger partial charge in [-0.2, -0.15) is 0 Å². The zero-order valence-corrected chi connectivity index (χ0v) is 12.5. The first-order valence-electron chi connectivity index (χ1n) is 7.01. The summed E-state index contributed by atoms with van der Waals surface area (Å²) in [6.07, 6.45) is 0.0314. The fourth-order valence-electron chi connectivity index (χ4n) is 2.28. The number of nitrogens with one attached hydrogen (secondary N) is 2. The van der Waals surface area contributed by atoms with Gasteiger partial charge in [-0.25, -0.2) is 0 Å². The first-order valence-corrected chi connectivity index (χ1v) is 7.01. The molecule has 0 spiro atoms. The van der Waals surface area contributed by atoms with Crippen LogP contribution in [0.5, 0.6) is 0 Å². The van der Waals surface area contributed by atoms with Gasteiger partial charge in [0.25, 0.3) is 5.91 Å². The van der Waals surface area contributed by atoms with Crippen LogP contribution in [0.15, 0.2) is 18.2 Å². The van der Waals surface area contributed by atoms with Crippen LogP contribution in [0.2, 0.25) is 0 Å². The Morgan fingerprint density at radius 3 is 2.85 bits per heavy atom. The molecule has 2 rings (SSSR count). The van der Waals surface area contributed by atoms with Gasteiger partial charge in [0.1, 0.15) is 0 Å². The lowest BCUT2D eigenvalue weighted by molar-refractivity contribution is 0.0695. The van der Waals surface area contributed by atoms with Crippen LogP contribution in [-0.4, -0.2) is 30.1 Å². The third-order valence-electron chi connectivity index (χ3n) is 3.57. The Balaban J connectivity index is 2.12. The van der Waals surface area contributed by atoms with Crippen LogP contribution < -0.4 is 5.32 Å². The predicted molar refractivity (Wildman–Crippen MR) is 81.2 cm³/mol. The molecule has 0 bridgehead atoms. The van der Waals surface area contributed by atoms with E-state index in [1.165, 1.54) is 5.56 Å². The summed E-state index contributed by atoms with van der Waals surface area (Å²) in [6.45, 7) is 9.18. The highest BCUT2D eigenvalue weighted by Crippen LogP contribution is 2.22. The first-order chi connectivity index (χ1) is 9.52. The number of benzene rings is 1. The van der Waals surface area contributed by atoms with Gasteiger partial charge in [0.15, 0.2) is 0 Å². The van der Waals surface area contributed by atoms with Crippen molar-refractivity contribution in [3.05, 3.63) is 35.0 Å². The summed E-state index contributed by atoms with van der Waals surface area (Å²) in [6, 6.07) is 5.74. The van der Waals surface area contributed by atoms with Crippen molar-refractivity contribution in [3.8, 4) is 0 Å². The van der Waals surface area contributed by atoms with Crippen LogP contribution in [0, 0.1) is 13.8 Å². The number of aromatic nitrogens is 1. The Labute approximate surface area is 119 Å². The average Bonchev–Trinajstić information content (AvgIpc) is 2.71. The van der Waals surface area contributed by atoms with Gasteiger partial charge in [0, 0.05) is 35.3 Å². The minimum absolute atomic E-state index is 0.0314. The van der Waals surface area contributed by atoms with Gasteiger partial charge in [0.05, 0.1) is 6.10 Å². The van der Waals surface area contributed by atoms with Crippen molar-refractivity contribution in [1.29, 1.82) is 0 Å². The molecule has 1 heterocycles. The lowest BCUT2D eigenvalue weighted by atomic mass is 10.1. The van der Waals surface area contributed by atoms with Crippen molar-refractivity contribution >= 4 is 16.8 Å². The number of rotatable bonds is 5. The molecule has 2 aromatic rings. The summed E-state index contributed by atoms with van der Waals surface area (Å²) >= 11 is 0. The topological polar surface area (TPSA) is 54.1 Å². The van der Waals surface area contributed by atoms with Crippen LogP contribution >= 0.6 is 0 Å². The van der Waals surface area contributed by atoms with E-state index in [4.69, 9.17) is 4.74 Å². The molecule has 1 aromatic heterocycles. The second-order valence-electron chi connectivity index (χ2n) is 5.11. The highest BCUT2D eigenvalue weighted by atomic mass is 16.5. The van der Waals surface area contributed by atoms with E-state index in [1.807, 2.05) is 39.0 Å². The van der Waals surface area contributed by atoms with E-state index in [0.29, 0.717) is 18.7 Å². The molecule has 0 aliphatic heterocycles. The zero-order chi connectivity index (χ0) is 14.7. The van der Waals surface area contributed by atoms with Crippen LogP contribution in [-0.2, 0) is 4.74 Å². The minimum atomic E-state index is -0.0586. The quantitative estimate of drug-likeness (QED) is 0.880. The number of aryl methyl sites for hydroxylation is 2. The normalized spacial score (nSPS) is 12.6. The van der Waals surface area contributed by atoms with Gasteiger partial charge in [-0.1, -0.05) is 0 Å². The number of hydrogen-bond acceptors (Lipinski definition) is 2. The fourth-order valence-corrected chi connectivity index (χ4v) is 2.28. The number of carbonyl (C=O) groups excluding carboxylic acids is 1. The van der Waals surface area contributed by atoms with Gasteiger partial charge in [-0.05, 0) is 51.5 Å². The molecule has 0 saturated carbocycles. The molecule has 1 aromatic carbocycles. The zero-order valence-electron chi connectivity index (χ0n) is 12.5. The third-order valence-corrected chi connectivity index (χ3v) is 3.57. The van der Waals surface area contributed by atoms with E-state index in [2.05, 4.69) is 17.2 Å². The number of carbonyl (C=O) groups is 1. The molecule has 108 valence electrons. The van der Waals surface area contributed by atoms with Crippen molar-refractivity contribution in [2.45, 2.75) is 33.8 Å². The van der Waals surface area contributed by atoms with E-state index in [-0.39, 0.29) is 12.0 Å². The van der Waals surface area contributed by atoms with Crippen molar-refractivity contribution in [3.63, 3.8) is 0 Å². The summed E-state index contributed by atoms with van der Waals surface area (Å²) in [4.78, 5) is 15.4. The van der Waals surface area contributed by atoms with E-state index < -0.39 is 0 Å². The molecule has 20 heavy (non-hydrogen) atoms. The number of amides is 1. The van der Waals surface area contributed by atoms with Crippen molar-refractivity contribution in [1.82, 2.24) is 10.3 Å². The first kappa shape index (κ1) is 14.6. The number of hydrogen-bond donors (Lipinski definition) is 2. The van der Waals surface area contributed by atoms with E-state index in [0.717, 1.165) is 16.6 Å². The Morgan fingerprint density at radius 2 is 2.15 bits per heavy atom. The van der Waals surface area contributed by atoms with Crippen molar-refractivity contribution in [2.75, 3.05) is 13.2 Å². The lowest BCUT2D eigenvalue weighted by Crippen LogP contribution is -2.32. The van der Waals surface area contributed by atoms with Gasteiger partial charge in [-0.3, -0.25) is 4.79 Å². The lowest BCUT2D eigenvalue weighted by Gasteiger charge is -2.12. The fraction of sp³-hybridized carbons (Fsp3) is 0.438. The molecule has 0 aliphatic carbocycles. The molecule has 0 saturated heterocycles. The van der Waals surface area contributed by atoms with Crippen molar-refractivity contribution < 1.29 is 9.53 Å². The average molecular weight is 274 g/mol. The Morgan fingerprint density at radius 1 is 1.40 bits per heavy atom. The van der Waals surface area contributed by atoms with Gasteiger partial charge < -0.3 is 15.0 Å². The number of ether oxygens (including phenoxy) is 1. The molecular formula is C16H22N2O2. The maximum Gasteiger partial charge on any atom is 0.251 e. The van der Waals surface area contributed by atoms with E-state index in [9.17, 15) is 4.79 Å². The van der Waals surface area contributed by atoms with Gasteiger partial charge in [-0.15, -0.1) is 0 Å². The predicted octanol–water partition coefficient (Wildman–Crippen LogP) is 2.94. The molecule has 0 aliphatic rings. The minimum Gasteiger partial charge on any atom is -0.377 e. The maximum absolute atomic E-state index is 12.1. The molecule has 0 fully saturated rings. The summed E-state index contributed by atoms with van der Waals surface area (Å²) in [5.41, 5.74) is 4.09. The number of fused-ring (bicyclic) bond motifs is 1. The molecule has 1 amide bonds. The molecule has 0 radical (unpaired) electrons. The second-order valence-corrected chi connectivity index (χ2v) is 5.11. The number of H-pyrrole nitrogens is 1. The Hall–Kier alpha value is -1.81. The smallest absolute Gasteiger partial charge is 0.251 e. The SMILES string of the molecule is CCOC(C)CNC(=O)c1ccc2[nH]c(C)c(C)c2c1. The van der Waals surface area contributed by atoms with E-state index in [1.54, 1.807) is 0 Å². The highest BCUT2D eigenvalue weighted by molar-refractivity contribution is 5.99. The Kier molecular flexibility index (Phi) is 4.45. The van der Waals surface area contributed by atoms with Crippen LogP contribution in [0.1, 0.15) is 35.5 Å². The van der Waals surface area contributed by atoms with Crippen LogP contribution in [0.3, 0.4) is 0 Å². The Bertz CT molecular complexity index is 616. The van der Waals surface area contributed by atoms with E-state index >= 15 is 0 Å². The monoisotopic (exact) mass is 274 g/mol. The summed E-state index contributed by atoms with van der Waals surface area (Å²) in [5.74, 6) is -0.0586. The largest absolute Gasteiger partial charge is 0.377 e. The summed E-state index contributed by atoms with van der Waals surface area (Å²) in [7, 11) is 0. The molecule has 4 nitrogen and oxygen atoms in total. The van der Waals surface area contributed by atoms with Gasteiger partial charge in [0.2, 0.25) is 0 Å². The van der Waals surface area contributed by atoms with Crippen molar-refractivity contribution in [2.24, 2.45) is 0 Å². The second kappa shape index (κ2) is 6.09. The third kappa shape index (κ3) is 3.02.